The number of hydrogen-bond acceptors (Lipinski definition) is 8. The summed E-state index contributed by atoms with van der Waals surface area (Å²) in [6.07, 6.45) is 2.53. The molecule has 3 aromatic heterocycles. The average Bonchev–Trinajstić information content (AvgIpc) is 3.75. The number of benzene rings is 2. The molecular formula is C31H30ClN5O5. The number of aliphatic hydroxyl groups is 2. The van der Waals surface area contributed by atoms with Gasteiger partial charge in [-0.15, -0.1) is 0 Å². The Bertz CT molecular complexity index is 1730. The standard InChI is InChI=1S/C31H30ClN5O5/c1-31(2,39)12-17-13-33-37(14-17)21-9-7-19(8-10-21)18-3-5-20(6-4-18)26-22(32)11-23-29(35-26)36-30(34-23)42-25-16-41-27-24(38)15-40-28(25)27/h3-11,13-14,24-25,27-28,38-39H,12,15-16H2,1-2H3,(H,34,35,36)/t24-,25-,27-,28?/m1/s1. The monoisotopic (exact) mass is 587 g/mol. The summed E-state index contributed by atoms with van der Waals surface area (Å²) in [5.74, 6) is 0. The third-order valence-corrected chi connectivity index (χ3v) is 7.83. The second kappa shape index (κ2) is 10.5. The lowest BCUT2D eigenvalue weighted by atomic mass is 10.0. The van der Waals surface area contributed by atoms with Crippen LogP contribution in [0.2, 0.25) is 5.02 Å². The Morgan fingerprint density at radius 2 is 1.69 bits per heavy atom. The molecule has 2 aliphatic heterocycles. The quantitative estimate of drug-likeness (QED) is 0.256. The molecule has 0 saturated carbocycles. The molecule has 5 aromatic rings. The normalized spacial score (nSPS) is 22.1. The van der Waals surface area contributed by atoms with Crippen molar-refractivity contribution < 1.29 is 24.4 Å². The zero-order valence-electron chi connectivity index (χ0n) is 23.1. The van der Waals surface area contributed by atoms with Gasteiger partial charge in [0.25, 0.3) is 6.01 Å². The molecule has 0 radical (unpaired) electrons. The molecule has 2 aromatic carbocycles. The van der Waals surface area contributed by atoms with E-state index in [-0.39, 0.29) is 24.9 Å². The van der Waals surface area contributed by atoms with E-state index in [1.54, 1.807) is 26.1 Å². The van der Waals surface area contributed by atoms with Crippen molar-refractivity contribution in [3.05, 3.63) is 77.6 Å². The topological polar surface area (TPSA) is 128 Å². The first kappa shape index (κ1) is 27.1. The number of halogens is 1. The van der Waals surface area contributed by atoms with E-state index in [0.717, 1.165) is 27.9 Å². The predicted molar refractivity (Wildman–Crippen MR) is 157 cm³/mol. The van der Waals surface area contributed by atoms with Gasteiger partial charge in [-0.1, -0.05) is 48.0 Å². The number of imidazole rings is 1. The largest absolute Gasteiger partial charge is 0.456 e. The summed E-state index contributed by atoms with van der Waals surface area (Å²) in [6.45, 7) is 4.12. The number of rotatable bonds is 7. The van der Waals surface area contributed by atoms with Crippen molar-refractivity contribution in [3.63, 3.8) is 0 Å². The van der Waals surface area contributed by atoms with Crippen LogP contribution >= 0.6 is 11.6 Å². The van der Waals surface area contributed by atoms with E-state index in [9.17, 15) is 10.2 Å². The van der Waals surface area contributed by atoms with Gasteiger partial charge in [-0.3, -0.25) is 0 Å². The molecule has 1 unspecified atom stereocenters. The molecule has 5 heterocycles. The molecular weight excluding hydrogens is 558 g/mol. The maximum atomic E-state index is 10.1. The van der Waals surface area contributed by atoms with E-state index in [2.05, 4.69) is 27.2 Å². The first-order valence-corrected chi connectivity index (χ1v) is 14.2. The molecule has 42 heavy (non-hydrogen) atoms. The van der Waals surface area contributed by atoms with Crippen molar-refractivity contribution in [1.82, 2.24) is 24.7 Å². The van der Waals surface area contributed by atoms with Gasteiger partial charge < -0.3 is 29.4 Å². The molecule has 3 N–H and O–H groups in total. The highest BCUT2D eigenvalue weighted by Crippen LogP contribution is 2.33. The number of pyridine rings is 1. The van der Waals surface area contributed by atoms with Crippen LogP contribution in [0.4, 0.5) is 0 Å². The summed E-state index contributed by atoms with van der Waals surface area (Å²) < 4.78 is 19.1. The molecule has 0 spiro atoms. The molecule has 2 aliphatic rings. The van der Waals surface area contributed by atoms with Crippen LogP contribution in [0.1, 0.15) is 19.4 Å². The highest BCUT2D eigenvalue weighted by Gasteiger charge is 2.48. The molecule has 216 valence electrons. The summed E-state index contributed by atoms with van der Waals surface area (Å²) in [7, 11) is 0. The number of aromatic amines is 1. The number of aliphatic hydroxyl groups excluding tert-OH is 1. The van der Waals surface area contributed by atoms with Gasteiger partial charge in [-0.2, -0.15) is 10.1 Å². The first-order chi connectivity index (χ1) is 20.2. The van der Waals surface area contributed by atoms with E-state index in [1.807, 2.05) is 47.3 Å². The van der Waals surface area contributed by atoms with E-state index in [1.165, 1.54) is 0 Å². The maximum Gasteiger partial charge on any atom is 0.296 e. The second-order valence-electron chi connectivity index (χ2n) is 11.5. The molecule has 2 fully saturated rings. The second-order valence-corrected chi connectivity index (χ2v) is 11.9. The Labute approximate surface area is 246 Å². The highest BCUT2D eigenvalue weighted by molar-refractivity contribution is 6.33. The predicted octanol–water partition coefficient (Wildman–Crippen LogP) is 4.35. The summed E-state index contributed by atoms with van der Waals surface area (Å²) in [5, 5.41) is 25.0. The third kappa shape index (κ3) is 5.28. The van der Waals surface area contributed by atoms with Crippen molar-refractivity contribution in [1.29, 1.82) is 0 Å². The van der Waals surface area contributed by atoms with Gasteiger partial charge in [0.15, 0.2) is 11.8 Å². The van der Waals surface area contributed by atoms with Crippen molar-refractivity contribution in [2.75, 3.05) is 13.2 Å². The Morgan fingerprint density at radius 1 is 1.00 bits per heavy atom. The highest BCUT2D eigenvalue weighted by atomic mass is 35.5. The molecule has 4 atom stereocenters. The lowest BCUT2D eigenvalue weighted by Crippen LogP contribution is -2.34. The number of H-pyrrole nitrogens is 1. The zero-order chi connectivity index (χ0) is 29.0. The van der Waals surface area contributed by atoms with Gasteiger partial charge in [-0.05, 0) is 48.7 Å². The fourth-order valence-electron chi connectivity index (χ4n) is 5.56. The molecule has 0 bridgehead atoms. The zero-order valence-corrected chi connectivity index (χ0v) is 23.8. The Kier molecular flexibility index (Phi) is 6.75. The van der Waals surface area contributed by atoms with Crippen molar-refractivity contribution in [2.24, 2.45) is 0 Å². The number of ether oxygens (including phenoxy) is 3. The van der Waals surface area contributed by atoms with E-state index in [4.69, 9.17) is 30.8 Å². The fraction of sp³-hybridized carbons (Fsp3) is 0.323. The van der Waals surface area contributed by atoms with Crippen LogP contribution in [-0.4, -0.2) is 78.2 Å². The molecule has 10 nitrogen and oxygen atoms in total. The number of hydrogen-bond donors (Lipinski definition) is 3. The Balaban J connectivity index is 1.07. The Morgan fingerprint density at radius 3 is 2.43 bits per heavy atom. The third-order valence-electron chi connectivity index (χ3n) is 7.55. The van der Waals surface area contributed by atoms with Crippen molar-refractivity contribution in [2.45, 2.75) is 50.3 Å². The number of nitrogens with one attached hydrogen (secondary N) is 1. The van der Waals surface area contributed by atoms with Gasteiger partial charge in [0, 0.05) is 18.2 Å². The minimum Gasteiger partial charge on any atom is -0.456 e. The molecule has 0 amide bonds. The van der Waals surface area contributed by atoms with Crippen molar-refractivity contribution >= 4 is 22.8 Å². The maximum absolute atomic E-state index is 10.1. The summed E-state index contributed by atoms with van der Waals surface area (Å²) in [6, 6.07) is 18.3. The minimum atomic E-state index is -0.781. The Hall–Kier alpha value is -3.80. The van der Waals surface area contributed by atoms with Crippen LogP contribution in [0.5, 0.6) is 6.01 Å². The smallest absolute Gasteiger partial charge is 0.296 e. The fourth-order valence-corrected chi connectivity index (χ4v) is 5.82. The summed E-state index contributed by atoms with van der Waals surface area (Å²) in [5.41, 5.74) is 5.88. The van der Waals surface area contributed by atoms with E-state index < -0.39 is 11.7 Å². The van der Waals surface area contributed by atoms with Gasteiger partial charge in [0.05, 0.1) is 46.9 Å². The number of fused-ring (bicyclic) bond motifs is 2. The number of aromatic nitrogens is 5. The molecule has 2 saturated heterocycles. The molecule has 0 aliphatic carbocycles. The van der Waals surface area contributed by atoms with Crippen LogP contribution in [0, 0.1) is 0 Å². The molecule has 7 rings (SSSR count). The van der Waals surface area contributed by atoms with Gasteiger partial charge in [0.1, 0.15) is 18.3 Å². The first-order valence-electron chi connectivity index (χ1n) is 13.8. The number of nitrogens with zero attached hydrogens (tertiary/aromatic N) is 4. The minimum absolute atomic E-state index is 0.233. The van der Waals surface area contributed by atoms with Gasteiger partial charge in [-0.25, -0.2) is 9.67 Å². The van der Waals surface area contributed by atoms with Gasteiger partial charge in [0.2, 0.25) is 0 Å². The van der Waals surface area contributed by atoms with Crippen LogP contribution in [0.3, 0.4) is 0 Å². The van der Waals surface area contributed by atoms with Crippen LogP contribution in [0.15, 0.2) is 67.0 Å². The lowest BCUT2D eigenvalue weighted by molar-refractivity contribution is 0.00706. The van der Waals surface area contributed by atoms with Crippen LogP contribution < -0.4 is 4.74 Å². The SMILES string of the molecule is CC(C)(O)Cc1cnn(-c2ccc(-c3ccc(-c4nc5nc(O[C@@H]6CO[C@H]7C6OC[C@H]7O)[nH]c5cc4Cl)cc3)cc2)c1. The van der Waals surface area contributed by atoms with Crippen LogP contribution in [0.25, 0.3) is 39.2 Å². The summed E-state index contributed by atoms with van der Waals surface area (Å²) in [4.78, 5) is 12.3. The van der Waals surface area contributed by atoms with Gasteiger partial charge >= 0.3 is 0 Å². The summed E-state index contributed by atoms with van der Waals surface area (Å²) >= 11 is 6.63. The molecule has 11 heteroatoms. The van der Waals surface area contributed by atoms with Crippen molar-refractivity contribution in [3.8, 4) is 34.1 Å². The van der Waals surface area contributed by atoms with E-state index in [0.29, 0.717) is 40.9 Å². The lowest BCUT2D eigenvalue weighted by Gasteiger charge is -2.15. The van der Waals surface area contributed by atoms with Crippen LogP contribution in [-0.2, 0) is 15.9 Å². The average molecular weight is 588 g/mol. The van der Waals surface area contributed by atoms with E-state index >= 15 is 0 Å².